The molecule has 3 aromatic carbocycles. The minimum Gasteiger partial charge on any atom is -0.492 e. The molecule has 5 aromatic rings. The number of likely N-dealkylation sites (N-methyl/N-ethyl adjacent to an activating group) is 1. The number of amides is 1. The molecule has 1 saturated heterocycles. The summed E-state index contributed by atoms with van der Waals surface area (Å²) in [6.45, 7) is 7.79. The van der Waals surface area contributed by atoms with Crippen molar-refractivity contribution in [2.75, 3.05) is 57.0 Å². The van der Waals surface area contributed by atoms with E-state index in [0.717, 1.165) is 83.6 Å². The fraction of sp³-hybridized carbons (Fsp3) is 0.312. The number of nitrogens with zero attached hydrogens (tertiary/aromatic N) is 5. The van der Waals surface area contributed by atoms with E-state index >= 15 is 0 Å². The van der Waals surface area contributed by atoms with E-state index in [1.54, 1.807) is 6.20 Å². The number of anilines is 3. The van der Waals surface area contributed by atoms with Crippen LogP contribution in [-0.4, -0.2) is 82.3 Å². The highest BCUT2D eigenvalue weighted by Crippen LogP contribution is 2.31. The molecule has 6 rings (SSSR count). The summed E-state index contributed by atoms with van der Waals surface area (Å²) < 4.78 is 6.19. The highest BCUT2D eigenvalue weighted by atomic mass is 35.5. The van der Waals surface area contributed by atoms with Gasteiger partial charge in [0.1, 0.15) is 18.2 Å². The fourth-order valence-electron chi connectivity index (χ4n) is 5.13. The molecule has 0 saturated carbocycles. The number of fused-ring (bicyclic) bond motifs is 2. The first-order valence-corrected chi connectivity index (χ1v) is 14.5. The van der Waals surface area contributed by atoms with Gasteiger partial charge in [0.25, 0.3) is 0 Å². The van der Waals surface area contributed by atoms with Crippen LogP contribution in [0.1, 0.15) is 19.8 Å². The van der Waals surface area contributed by atoms with Crippen LogP contribution in [0.25, 0.3) is 33.2 Å². The molecule has 3 heterocycles. The summed E-state index contributed by atoms with van der Waals surface area (Å²) in [4.78, 5) is 26.9. The van der Waals surface area contributed by atoms with Crippen LogP contribution in [0.4, 0.5) is 17.2 Å². The number of halogens is 2. The molecule has 232 valence electrons. The topological polar surface area (TPSA) is 111 Å². The average molecular weight is 638 g/mol. The van der Waals surface area contributed by atoms with Crippen LogP contribution in [-0.2, 0) is 4.79 Å². The number of hydrogen-bond acceptors (Lipinski definition) is 8. The Morgan fingerprint density at radius 3 is 2.64 bits per heavy atom. The number of piperazine rings is 1. The SMILES string of the molecule is CCCC(=O)Nc1cccc(-c2nc(Nc3ccc4[nH]ncc4c3)c3cc(OCCN4CCN(C)CC4)ccc3n2)c1.Cl.Cl. The molecule has 2 aromatic heterocycles. The van der Waals surface area contributed by atoms with Crippen molar-refractivity contribution < 1.29 is 9.53 Å². The number of rotatable bonds is 10. The summed E-state index contributed by atoms with van der Waals surface area (Å²) >= 11 is 0. The lowest BCUT2D eigenvalue weighted by molar-refractivity contribution is -0.116. The number of aromatic nitrogens is 4. The first-order chi connectivity index (χ1) is 20.5. The van der Waals surface area contributed by atoms with Gasteiger partial charge < -0.3 is 20.3 Å². The molecule has 10 nitrogen and oxygen atoms in total. The molecule has 3 N–H and O–H groups in total. The quantitative estimate of drug-likeness (QED) is 0.168. The largest absolute Gasteiger partial charge is 0.492 e. The molecule has 0 atom stereocenters. The van der Waals surface area contributed by atoms with Crippen LogP contribution in [0.2, 0.25) is 0 Å². The van der Waals surface area contributed by atoms with E-state index < -0.39 is 0 Å². The summed E-state index contributed by atoms with van der Waals surface area (Å²) in [5, 5.41) is 15.5. The number of H-pyrrole nitrogens is 1. The number of carbonyl (C=O) groups is 1. The van der Waals surface area contributed by atoms with E-state index in [0.29, 0.717) is 24.7 Å². The molecule has 1 amide bonds. The molecule has 0 aliphatic carbocycles. The summed E-state index contributed by atoms with van der Waals surface area (Å²) in [7, 11) is 2.16. The first-order valence-electron chi connectivity index (χ1n) is 14.5. The minimum absolute atomic E-state index is 0. The summed E-state index contributed by atoms with van der Waals surface area (Å²) in [6, 6.07) is 19.6. The van der Waals surface area contributed by atoms with Crippen molar-refractivity contribution in [1.82, 2.24) is 30.0 Å². The van der Waals surface area contributed by atoms with Gasteiger partial charge in [-0.05, 0) is 62.0 Å². The molecule has 1 fully saturated rings. The van der Waals surface area contributed by atoms with Crippen molar-refractivity contribution in [2.24, 2.45) is 0 Å². The Kier molecular flexibility index (Phi) is 11.4. The van der Waals surface area contributed by atoms with Gasteiger partial charge in [-0.25, -0.2) is 9.97 Å². The molecule has 0 bridgehead atoms. The molecular weight excluding hydrogens is 599 g/mol. The van der Waals surface area contributed by atoms with Crippen molar-refractivity contribution in [3.63, 3.8) is 0 Å². The van der Waals surface area contributed by atoms with E-state index in [1.807, 2.05) is 67.6 Å². The van der Waals surface area contributed by atoms with Gasteiger partial charge in [-0.3, -0.25) is 14.8 Å². The van der Waals surface area contributed by atoms with Crippen LogP contribution in [0.15, 0.2) is 66.9 Å². The minimum atomic E-state index is -0.00812. The number of ether oxygens (including phenoxy) is 1. The summed E-state index contributed by atoms with van der Waals surface area (Å²) in [5.41, 5.74) is 4.17. The van der Waals surface area contributed by atoms with Gasteiger partial charge in [0, 0.05) is 66.9 Å². The van der Waals surface area contributed by atoms with Gasteiger partial charge in [0.15, 0.2) is 5.82 Å². The van der Waals surface area contributed by atoms with E-state index in [-0.39, 0.29) is 30.7 Å². The predicted octanol–water partition coefficient (Wildman–Crippen LogP) is 6.13. The van der Waals surface area contributed by atoms with E-state index in [9.17, 15) is 4.79 Å². The van der Waals surface area contributed by atoms with E-state index in [4.69, 9.17) is 14.7 Å². The fourth-order valence-corrected chi connectivity index (χ4v) is 5.13. The predicted molar refractivity (Wildman–Crippen MR) is 182 cm³/mol. The lowest BCUT2D eigenvalue weighted by Crippen LogP contribution is -2.45. The summed E-state index contributed by atoms with van der Waals surface area (Å²) in [6.07, 6.45) is 3.07. The van der Waals surface area contributed by atoms with Gasteiger partial charge in [-0.15, -0.1) is 24.8 Å². The maximum Gasteiger partial charge on any atom is 0.224 e. The number of hydrogen-bond donors (Lipinski definition) is 3. The van der Waals surface area contributed by atoms with Gasteiger partial charge in [0.2, 0.25) is 5.91 Å². The van der Waals surface area contributed by atoms with Crippen molar-refractivity contribution in [3.8, 4) is 17.1 Å². The molecule has 1 aliphatic heterocycles. The number of carbonyl (C=O) groups excluding carboxylic acids is 1. The summed E-state index contributed by atoms with van der Waals surface area (Å²) in [5.74, 6) is 2.00. The highest BCUT2D eigenvalue weighted by Gasteiger charge is 2.15. The highest BCUT2D eigenvalue weighted by molar-refractivity contribution is 5.95. The Labute approximate surface area is 269 Å². The smallest absolute Gasteiger partial charge is 0.224 e. The third-order valence-corrected chi connectivity index (χ3v) is 7.52. The third-order valence-electron chi connectivity index (χ3n) is 7.52. The van der Waals surface area contributed by atoms with E-state index in [1.165, 1.54) is 0 Å². The Balaban J connectivity index is 0.00000221. The number of nitrogens with one attached hydrogen (secondary N) is 3. The van der Waals surface area contributed by atoms with Crippen LogP contribution in [0.3, 0.4) is 0 Å². The van der Waals surface area contributed by atoms with Crippen LogP contribution >= 0.6 is 24.8 Å². The molecule has 12 heteroatoms. The van der Waals surface area contributed by atoms with E-state index in [2.05, 4.69) is 37.7 Å². The molecular formula is C32H38Cl2N8O2. The Hall–Kier alpha value is -3.96. The standard InChI is InChI=1S/C32H36N8O2.2ClH/c1-3-5-30(41)34-24-7-4-6-22(18-24)31-36-29-11-9-26(42-17-16-40-14-12-39(2)13-15-40)20-27(29)32(37-31)35-25-8-10-28-23(19-25)21-33-38-28;;/h4,6-11,18-21H,3,5,12-17H2,1-2H3,(H,33,38)(H,34,41)(H,35,36,37);2*1H. The zero-order chi connectivity index (χ0) is 28.9. The van der Waals surface area contributed by atoms with Crippen LogP contribution < -0.4 is 15.4 Å². The van der Waals surface area contributed by atoms with Crippen molar-refractivity contribution in [2.45, 2.75) is 19.8 Å². The molecule has 44 heavy (non-hydrogen) atoms. The zero-order valence-corrected chi connectivity index (χ0v) is 26.5. The monoisotopic (exact) mass is 636 g/mol. The van der Waals surface area contributed by atoms with Gasteiger partial charge >= 0.3 is 0 Å². The maximum absolute atomic E-state index is 12.2. The second-order valence-corrected chi connectivity index (χ2v) is 10.7. The van der Waals surface area contributed by atoms with Crippen molar-refractivity contribution in [3.05, 3.63) is 66.9 Å². The Morgan fingerprint density at radius 2 is 1.82 bits per heavy atom. The first kappa shape index (κ1) is 32.9. The van der Waals surface area contributed by atoms with Crippen molar-refractivity contribution in [1.29, 1.82) is 0 Å². The second kappa shape index (κ2) is 15.2. The third kappa shape index (κ3) is 7.95. The molecule has 0 radical (unpaired) electrons. The molecule has 1 aliphatic rings. The number of benzene rings is 3. The molecule has 0 spiro atoms. The van der Waals surface area contributed by atoms with Gasteiger partial charge in [-0.2, -0.15) is 5.10 Å². The normalized spacial score (nSPS) is 13.7. The van der Waals surface area contributed by atoms with Crippen molar-refractivity contribution >= 4 is 69.7 Å². The molecule has 0 unspecified atom stereocenters. The van der Waals surface area contributed by atoms with Crippen LogP contribution in [0, 0.1) is 0 Å². The lowest BCUT2D eigenvalue weighted by Gasteiger charge is -2.32. The Bertz CT molecular complexity index is 1700. The van der Waals surface area contributed by atoms with Gasteiger partial charge in [-0.1, -0.05) is 19.1 Å². The average Bonchev–Trinajstić information content (AvgIpc) is 3.47. The lowest BCUT2D eigenvalue weighted by atomic mass is 10.1. The van der Waals surface area contributed by atoms with Gasteiger partial charge in [0.05, 0.1) is 17.2 Å². The van der Waals surface area contributed by atoms with Crippen LogP contribution in [0.5, 0.6) is 5.75 Å². The Morgan fingerprint density at radius 1 is 0.977 bits per heavy atom. The maximum atomic E-state index is 12.2. The zero-order valence-electron chi connectivity index (χ0n) is 24.9. The second-order valence-electron chi connectivity index (χ2n) is 10.7. The number of aromatic amines is 1.